The summed E-state index contributed by atoms with van der Waals surface area (Å²) in [5, 5.41) is 3.05. The highest BCUT2D eigenvalue weighted by molar-refractivity contribution is 7.80. The maximum atomic E-state index is 12.3. The van der Waals surface area contributed by atoms with E-state index in [0.717, 1.165) is 22.6 Å². The van der Waals surface area contributed by atoms with Gasteiger partial charge in [0.25, 0.3) is 0 Å². The van der Waals surface area contributed by atoms with Crippen LogP contribution in [0.1, 0.15) is 18.2 Å². The zero-order valence-electron chi connectivity index (χ0n) is 13.9. The Balaban J connectivity index is 1.61. The highest BCUT2D eigenvalue weighted by atomic mass is 32.1. The first-order chi connectivity index (χ1) is 12.1. The Morgan fingerprint density at radius 1 is 1.36 bits per heavy atom. The van der Waals surface area contributed by atoms with Gasteiger partial charge < -0.3 is 19.4 Å². The first kappa shape index (κ1) is 16.1. The van der Waals surface area contributed by atoms with Crippen molar-refractivity contribution in [3.05, 3.63) is 47.8 Å². The molecule has 25 heavy (non-hydrogen) atoms. The number of ether oxygens (including phenoxy) is 2. The number of hydrogen-bond acceptors (Lipinski definition) is 4. The molecular formula is C18H19N3O3S. The summed E-state index contributed by atoms with van der Waals surface area (Å²) in [6.45, 7) is 3.98. The number of cyclic esters (lactones) is 1. The molecular weight excluding hydrogens is 338 g/mol. The third-order valence-corrected chi connectivity index (χ3v) is 4.58. The lowest BCUT2D eigenvalue weighted by Crippen LogP contribution is -2.32. The molecule has 1 aromatic carbocycles. The number of amides is 1. The molecule has 0 radical (unpaired) electrons. The van der Waals surface area contributed by atoms with Crippen LogP contribution in [0.3, 0.4) is 0 Å². The van der Waals surface area contributed by atoms with Crippen molar-refractivity contribution < 1.29 is 14.3 Å². The number of carbonyl (C=O) groups excluding carboxylic acids is 1. The third kappa shape index (κ3) is 3.12. The van der Waals surface area contributed by atoms with Crippen molar-refractivity contribution >= 4 is 29.0 Å². The fourth-order valence-electron chi connectivity index (χ4n) is 3.20. The van der Waals surface area contributed by atoms with Gasteiger partial charge in [0.15, 0.2) is 0 Å². The van der Waals surface area contributed by atoms with Crippen LogP contribution < -0.4 is 10.2 Å². The van der Waals surface area contributed by atoms with E-state index in [9.17, 15) is 4.79 Å². The van der Waals surface area contributed by atoms with Crippen LogP contribution >= 0.6 is 12.2 Å². The summed E-state index contributed by atoms with van der Waals surface area (Å²) in [5.74, 6) is 0. The maximum absolute atomic E-state index is 12.3. The Labute approximate surface area is 151 Å². The molecule has 7 heteroatoms. The van der Waals surface area contributed by atoms with Crippen molar-refractivity contribution in [2.24, 2.45) is 0 Å². The number of carbonyl (C=O) groups is 1. The largest absolute Gasteiger partial charge is 0.442 e. The molecule has 1 N–H and O–H groups in total. The number of thiocarbonyl (C=S) groups is 1. The quantitative estimate of drug-likeness (QED) is 0.856. The second-order valence-corrected chi connectivity index (χ2v) is 6.84. The van der Waals surface area contributed by atoms with Gasteiger partial charge in [-0.1, -0.05) is 18.3 Å². The van der Waals surface area contributed by atoms with Crippen LogP contribution in [-0.2, 0) is 22.7 Å². The van der Waals surface area contributed by atoms with E-state index in [1.165, 1.54) is 0 Å². The number of rotatable bonds is 3. The number of hydrogen-bond donors (Lipinski definition) is 1. The average molecular weight is 357 g/mol. The molecule has 0 unspecified atom stereocenters. The highest BCUT2D eigenvalue weighted by Gasteiger charge is 2.32. The lowest BCUT2D eigenvalue weighted by molar-refractivity contribution is 0.108. The third-order valence-electron chi connectivity index (χ3n) is 4.43. The van der Waals surface area contributed by atoms with Gasteiger partial charge in [-0.25, -0.2) is 4.79 Å². The van der Waals surface area contributed by atoms with Gasteiger partial charge in [0.1, 0.15) is 6.10 Å². The Morgan fingerprint density at radius 3 is 3.08 bits per heavy atom. The minimum atomic E-state index is -0.327. The molecule has 0 spiro atoms. The van der Waals surface area contributed by atoms with Gasteiger partial charge in [-0.05, 0) is 31.2 Å². The van der Waals surface area contributed by atoms with Crippen LogP contribution in [0.25, 0.3) is 5.69 Å². The van der Waals surface area contributed by atoms with Crippen LogP contribution in [0.15, 0.2) is 36.5 Å². The van der Waals surface area contributed by atoms with Crippen molar-refractivity contribution in [3.8, 4) is 5.69 Å². The first-order valence-electron chi connectivity index (χ1n) is 8.21. The Bertz CT molecular complexity index is 833. The first-order valence-corrected chi connectivity index (χ1v) is 8.62. The van der Waals surface area contributed by atoms with Crippen LogP contribution in [0.2, 0.25) is 0 Å². The summed E-state index contributed by atoms with van der Waals surface area (Å²) in [6, 6.07) is 10.0. The van der Waals surface area contributed by atoms with E-state index in [0.29, 0.717) is 31.3 Å². The minimum absolute atomic E-state index is 0.213. The van der Waals surface area contributed by atoms with E-state index >= 15 is 0 Å². The molecule has 6 nitrogen and oxygen atoms in total. The Morgan fingerprint density at radius 2 is 2.24 bits per heavy atom. The lowest BCUT2D eigenvalue weighted by Gasteiger charge is -2.17. The zero-order valence-corrected chi connectivity index (χ0v) is 14.7. The summed E-state index contributed by atoms with van der Waals surface area (Å²) in [7, 11) is 0. The molecule has 4 rings (SSSR count). The molecule has 2 aromatic rings. The van der Waals surface area contributed by atoms with Crippen molar-refractivity contribution in [1.29, 1.82) is 0 Å². The second kappa shape index (κ2) is 6.50. The topological polar surface area (TPSA) is 55.7 Å². The minimum Gasteiger partial charge on any atom is -0.442 e. The maximum Gasteiger partial charge on any atom is 0.414 e. The van der Waals surface area contributed by atoms with Crippen molar-refractivity contribution in [2.75, 3.05) is 18.0 Å². The molecule has 0 bridgehead atoms. The van der Waals surface area contributed by atoms with E-state index in [4.69, 9.17) is 21.7 Å². The van der Waals surface area contributed by atoms with E-state index in [-0.39, 0.29) is 12.2 Å². The van der Waals surface area contributed by atoms with E-state index in [1.807, 2.05) is 43.5 Å². The molecule has 1 saturated heterocycles. The molecule has 3 heterocycles. The standard InChI is InChI=1S/C18H19N3O3S/c1-12(25)19-8-16-9-21(18(22)24-16)14-5-4-13-10-23-11-15-3-2-6-20(15)17(13)7-14/h2-7,16H,8-11H2,1H3,(H,19,25)/t16-/m0/s1. The molecule has 1 fully saturated rings. The number of benzene rings is 1. The zero-order chi connectivity index (χ0) is 17.4. The fraction of sp³-hybridized carbons (Fsp3) is 0.333. The van der Waals surface area contributed by atoms with Crippen LogP contribution in [0.5, 0.6) is 0 Å². The van der Waals surface area contributed by atoms with Gasteiger partial charge in [0.05, 0.1) is 37.0 Å². The summed E-state index contributed by atoms with van der Waals surface area (Å²) in [6.07, 6.45) is 1.48. The molecule has 1 aromatic heterocycles. The number of aromatic nitrogens is 1. The number of nitrogens with one attached hydrogen (secondary N) is 1. The van der Waals surface area contributed by atoms with Crippen molar-refractivity contribution in [1.82, 2.24) is 9.88 Å². The van der Waals surface area contributed by atoms with Crippen LogP contribution in [0, 0.1) is 0 Å². The summed E-state index contributed by atoms with van der Waals surface area (Å²) < 4.78 is 13.3. The fourth-order valence-corrected chi connectivity index (χ4v) is 3.28. The summed E-state index contributed by atoms with van der Waals surface area (Å²) >= 11 is 5.01. The predicted molar refractivity (Wildman–Crippen MR) is 98.2 cm³/mol. The van der Waals surface area contributed by atoms with Gasteiger partial charge in [-0.2, -0.15) is 0 Å². The van der Waals surface area contributed by atoms with Crippen molar-refractivity contribution in [3.63, 3.8) is 0 Å². The van der Waals surface area contributed by atoms with Crippen molar-refractivity contribution in [2.45, 2.75) is 26.2 Å². The molecule has 1 atom stereocenters. The second-order valence-electron chi connectivity index (χ2n) is 6.23. The smallest absolute Gasteiger partial charge is 0.414 e. The number of fused-ring (bicyclic) bond motifs is 3. The normalized spacial score (nSPS) is 19.0. The summed E-state index contributed by atoms with van der Waals surface area (Å²) in [5.41, 5.74) is 4.06. The lowest BCUT2D eigenvalue weighted by atomic mass is 10.1. The Hall–Kier alpha value is -2.38. The SMILES string of the molecule is CC(=S)NC[C@H]1CN(c2ccc3c(c2)-n2cccc2COC3)C(=O)O1. The van der Waals surface area contributed by atoms with Gasteiger partial charge in [-0.3, -0.25) is 4.90 Å². The van der Waals surface area contributed by atoms with Gasteiger partial charge in [0, 0.05) is 23.1 Å². The van der Waals surface area contributed by atoms with Gasteiger partial charge in [-0.15, -0.1) is 0 Å². The predicted octanol–water partition coefficient (Wildman–Crippen LogP) is 2.77. The van der Waals surface area contributed by atoms with E-state index in [1.54, 1.807) is 4.90 Å². The number of nitrogens with zero attached hydrogens (tertiary/aromatic N) is 2. The average Bonchev–Trinajstić information content (AvgIpc) is 3.16. The van der Waals surface area contributed by atoms with Gasteiger partial charge in [0.2, 0.25) is 0 Å². The molecule has 0 aliphatic carbocycles. The monoisotopic (exact) mass is 357 g/mol. The van der Waals surface area contributed by atoms with Crippen LogP contribution in [-0.4, -0.2) is 34.8 Å². The van der Waals surface area contributed by atoms with E-state index < -0.39 is 0 Å². The molecule has 0 saturated carbocycles. The Kier molecular flexibility index (Phi) is 4.19. The summed E-state index contributed by atoms with van der Waals surface area (Å²) in [4.78, 5) is 14.6. The molecule has 2 aliphatic heterocycles. The molecule has 1 amide bonds. The molecule has 2 aliphatic rings. The van der Waals surface area contributed by atoms with Crippen LogP contribution in [0.4, 0.5) is 10.5 Å². The van der Waals surface area contributed by atoms with E-state index in [2.05, 4.69) is 9.88 Å². The van der Waals surface area contributed by atoms with Gasteiger partial charge >= 0.3 is 6.09 Å². The number of anilines is 1. The molecule has 130 valence electrons. The highest BCUT2D eigenvalue weighted by Crippen LogP contribution is 2.29.